The van der Waals surface area contributed by atoms with Crippen LogP contribution >= 0.6 is 0 Å². The molecule has 0 radical (unpaired) electrons. The van der Waals surface area contributed by atoms with Crippen LogP contribution in [0.2, 0.25) is 0 Å². The topological polar surface area (TPSA) is 92.6 Å². The van der Waals surface area contributed by atoms with Gasteiger partial charge < -0.3 is 24.8 Å². The van der Waals surface area contributed by atoms with E-state index in [0.29, 0.717) is 25.0 Å². The van der Waals surface area contributed by atoms with Gasteiger partial charge in [-0.05, 0) is 6.92 Å². The molecule has 0 amide bonds. The second kappa shape index (κ2) is 5.98. The van der Waals surface area contributed by atoms with Crippen LogP contribution in [0.1, 0.15) is 6.92 Å². The highest BCUT2D eigenvalue weighted by atomic mass is 16.5. The summed E-state index contributed by atoms with van der Waals surface area (Å²) in [6.07, 6.45) is -0.226. The normalized spacial score (nSPS) is 23.3. The van der Waals surface area contributed by atoms with E-state index >= 15 is 0 Å². The quantitative estimate of drug-likeness (QED) is 0.756. The number of ether oxygens (including phenoxy) is 2. The van der Waals surface area contributed by atoms with E-state index in [-0.39, 0.29) is 24.8 Å². The monoisotopic (exact) mass is 269 g/mol. The van der Waals surface area contributed by atoms with E-state index in [2.05, 4.69) is 20.3 Å². The van der Waals surface area contributed by atoms with Gasteiger partial charge in [-0.3, -0.25) is 0 Å². The Morgan fingerprint density at radius 2 is 2.21 bits per heavy atom. The maximum atomic E-state index is 9.23. The van der Waals surface area contributed by atoms with Crippen LogP contribution in [0.15, 0.2) is 0 Å². The summed E-state index contributed by atoms with van der Waals surface area (Å²) < 4.78 is 10.6. The molecule has 8 heteroatoms. The van der Waals surface area contributed by atoms with Crippen LogP contribution in [-0.2, 0) is 4.74 Å². The van der Waals surface area contributed by atoms with E-state index in [1.165, 1.54) is 7.11 Å². The summed E-state index contributed by atoms with van der Waals surface area (Å²) in [7, 11) is 3.24. The fourth-order valence-corrected chi connectivity index (χ4v) is 2.00. The van der Waals surface area contributed by atoms with Crippen molar-refractivity contribution < 1.29 is 14.6 Å². The Kier molecular flexibility index (Phi) is 4.33. The van der Waals surface area contributed by atoms with Crippen LogP contribution in [0, 0.1) is 0 Å². The van der Waals surface area contributed by atoms with E-state index in [1.807, 2.05) is 11.8 Å². The number of methoxy groups -OCH3 is 1. The lowest BCUT2D eigenvalue weighted by molar-refractivity contribution is -0.0425. The van der Waals surface area contributed by atoms with Gasteiger partial charge in [0.2, 0.25) is 11.9 Å². The van der Waals surface area contributed by atoms with Crippen LogP contribution in [0.25, 0.3) is 0 Å². The third-order valence-electron chi connectivity index (χ3n) is 2.82. The number of rotatable bonds is 4. The van der Waals surface area contributed by atoms with Gasteiger partial charge in [0.15, 0.2) is 0 Å². The third kappa shape index (κ3) is 3.21. The summed E-state index contributed by atoms with van der Waals surface area (Å²) in [5.74, 6) is 0.964. The molecule has 0 bridgehead atoms. The van der Waals surface area contributed by atoms with E-state index in [1.54, 1.807) is 7.05 Å². The number of hydrogen-bond acceptors (Lipinski definition) is 8. The molecule has 1 aliphatic heterocycles. The predicted octanol–water partition coefficient (Wildman–Crippen LogP) is -0.492. The molecular formula is C11H19N5O3. The molecule has 19 heavy (non-hydrogen) atoms. The van der Waals surface area contributed by atoms with Crippen molar-refractivity contribution in [1.29, 1.82) is 0 Å². The van der Waals surface area contributed by atoms with Gasteiger partial charge in [-0.15, -0.1) is 0 Å². The number of aliphatic hydroxyl groups is 1. The molecule has 106 valence electrons. The van der Waals surface area contributed by atoms with Crippen molar-refractivity contribution in [3.05, 3.63) is 0 Å². The Morgan fingerprint density at radius 3 is 2.84 bits per heavy atom. The Labute approximate surface area is 111 Å². The molecule has 1 aromatic heterocycles. The van der Waals surface area contributed by atoms with Crippen molar-refractivity contribution in [2.45, 2.75) is 19.1 Å². The molecule has 2 rings (SSSR count). The molecule has 2 heterocycles. The standard InChI is InChI=1S/C11H19N5O3/c1-7-4-16(5-8(6-17)19-7)10-13-9(12-2)14-11(15-10)18-3/h7-8,17H,4-6H2,1-3H3,(H,12,13,14,15). The van der Waals surface area contributed by atoms with Gasteiger partial charge in [0, 0.05) is 20.1 Å². The molecule has 2 atom stereocenters. The second-order valence-corrected chi connectivity index (χ2v) is 4.35. The summed E-state index contributed by atoms with van der Waals surface area (Å²) in [5, 5.41) is 12.1. The first kappa shape index (κ1) is 13.8. The van der Waals surface area contributed by atoms with Crippen molar-refractivity contribution in [2.75, 3.05) is 44.1 Å². The number of anilines is 2. The molecule has 1 fully saturated rings. The van der Waals surface area contributed by atoms with Crippen molar-refractivity contribution in [2.24, 2.45) is 0 Å². The van der Waals surface area contributed by atoms with Crippen molar-refractivity contribution in [1.82, 2.24) is 15.0 Å². The summed E-state index contributed by atoms with van der Waals surface area (Å²) in [5.41, 5.74) is 0. The third-order valence-corrected chi connectivity index (χ3v) is 2.82. The molecule has 2 unspecified atom stereocenters. The van der Waals surface area contributed by atoms with Crippen molar-refractivity contribution >= 4 is 11.9 Å². The molecule has 0 saturated carbocycles. The lowest BCUT2D eigenvalue weighted by Crippen LogP contribution is -2.48. The van der Waals surface area contributed by atoms with Gasteiger partial charge in [-0.1, -0.05) is 0 Å². The zero-order valence-corrected chi connectivity index (χ0v) is 11.3. The molecule has 0 aromatic carbocycles. The van der Waals surface area contributed by atoms with Crippen LogP contribution < -0.4 is 15.0 Å². The predicted molar refractivity (Wildman–Crippen MR) is 69.6 cm³/mol. The van der Waals surface area contributed by atoms with Gasteiger partial charge in [-0.25, -0.2) is 0 Å². The zero-order chi connectivity index (χ0) is 13.8. The van der Waals surface area contributed by atoms with Crippen LogP contribution in [-0.4, -0.2) is 66.1 Å². The first-order chi connectivity index (χ1) is 9.16. The lowest BCUT2D eigenvalue weighted by atomic mass is 10.2. The van der Waals surface area contributed by atoms with Gasteiger partial charge in [0.1, 0.15) is 0 Å². The number of nitrogens with one attached hydrogen (secondary N) is 1. The van der Waals surface area contributed by atoms with E-state index in [0.717, 1.165) is 0 Å². The Hall–Kier alpha value is -1.67. The van der Waals surface area contributed by atoms with Crippen molar-refractivity contribution in [3.8, 4) is 6.01 Å². The van der Waals surface area contributed by atoms with Gasteiger partial charge in [-0.2, -0.15) is 15.0 Å². The van der Waals surface area contributed by atoms with Crippen molar-refractivity contribution in [3.63, 3.8) is 0 Å². The summed E-state index contributed by atoms with van der Waals surface area (Å²) >= 11 is 0. The summed E-state index contributed by atoms with van der Waals surface area (Å²) in [6, 6.07) is 0.258. The van der Waals surface area contributed by atoms with Crippen LogP contribution in [0.5, 0.6) is 6.01 Å². The van der Waals surface area contributed by atoms with Gasteiger partial charge >= 0.3 is 6.01 Å². The first-order valence-corrected chi connectivity index (χ1v) is 6.15. The minimum Gasteiger partial charge on any atom is -0.467 e. The van der Waals surface area contributed by atoms with Gasteiger partial charge in [0.05, 0.1) is 25.9 Å². The SMILES string of the molecule is CNc1nc(OC)nc(N2CC(C)OC(CO)C2)n1. The van der Waals surface area contributed by atoms with Crippen LogP contribution in [0.3, 0.4) is 0 Å². The molecule has 1 aliphatic rings. The van der Waals surface area contributed by atoms with E-state index in [9.17, 15) is 5.11 Å². The van der Waals surface area contributed by atoms with E-state index < -0.39 is 0 Å². The number of aliphatic hydroxyl groups excluding tert-OH is 1. The van der Waals surface area contributed by atoms with Crippen LogP contribution in [0.4, 0.5) is 11.9 Å². The lowest BCUT2D eigenvalue weighted by Gasteiger charge is -2.36. The number of morpholine rings is 1. The highest BCUT2D eigenvalue weighted by Gasteiger charge is 2.27. The Balaban J connectivity index is 2.24. The summed E-state index contributed by atoms with van der Waals surface area (Å²) in [6.45, 7) is 3.12. The average Bonchev–Trinajstić information content (AvgIpc) is 2.45. The number of nitrogens with zero attached hydrogens (tertiary/aromatic N) is 4. The largest absolute Gasteiger partial charge is 0.467 e. The molecule has 8 nitrogen and oxygen atoms in total. The average molecular weight is 269 g/mol. The summed E-state index contributed by atoms with van der Waals surface area (Å²) in [4.78, 5) is 14.6. The zero-order valence-electron chi connectivity index (χ0n) is 11.3. The molecule has 0 aliphatic carbocycles. The fourth-order valence-electron chi connectivity index (χ4n) is 2.00. The second-order valence-electron chi connectivity index (χ2n) is 4.35. The molecule has 1 aromatic rings. The highest BCUT2D eigenvalue weighted by molar-refractivity contribution is 5.38. The number of hydrogen-bond donors (Lipinski definition) is 2. The smallest absolute Gasteiger partial charge is 0.322 e. The number of aromatic nitrogens is 3. The highest BCUT2D eigenvalue weighted by Crippen LogP contribution is 2.19. The maximum absolute atomic E-state index is 9.23. The van der Waals surface area contributed by atoms with E-state index in [4.69, 9.17) is 9.47 Å². The molecule has 1 saturated heterocycles. The molecular weight excluding hydrogens is 250 g/mol. The molecule has 0 spiro atoms. The minimum atomic E-state index is -0.232. The molecule has 2 N–H and O–H groups in total. The maximum Gasteiger partial charge on any atom is 0.322 e. The fraction of sp³-hybridized carbons (Fsp3) is 0.727. The Morgan fingerprint density at radius 1 is 1.42 bits per heavy atom. The Bertz CT molecular complexity index is 409. The first-order valence-electron chi connectivity index (χ1n) is 6.15. The minimum absolute atomic E-state index is 0.00620. The van der Waals surface area contributed by atoms with Gasteiger partial charge in [0.25, 0.3) is 0 Å².